The minimum atomic E-state index is 0.672. The van der Waals surface area contributed by atoms with Gasteiger partial charge in [0.05, 0.1) is 6.07 Å². The summed E-state index contributed by atoms with van der Waals surface area (Å²) >= 11 is 0. The second-order valence-electron chi connectivity index (χ2n) is 4.10. The molecule has 2 aliphatic heterocycles. The predicted molar refractivity (Wildman–Crippen MR) is 54.9 cm³/mol. The first-order chi connectivity index (χ1) is 6.90. The molecule has 0 atom stereocenters. The van der Waals surface area contributed by atoms with Crippen molar-refractivity contribution in [2.24, 2.45) is 0 Å². The van der Waals surface area contributed by atoms with Gasteiger partial charge in [-0.2, -0.15) is 5.26 Å². The van der Waals surface area contributed by atoms with Gasteiger partial charge in [-0.15, -0.1) is 0 Å². The van der Waals surface area contributed by atoms with E-state index in [0.29, 0.717) is 6.42 Å². The van der Waals surface area contributed by atoms with E-state index in [4.69, 9.17) is 5.26 Å². The lowest BCUT2D eigenvalue weighted by molar-refractivity contribution is 0.0739. The van der Waals surface area contributed by atoms with Crippen molar-refractivity contribution in [3.63, 3.8) is 0 Å². The van der Waals surface area contributed by atoms with Crippen molar-refractivity contribution >= 4 is 0 Å². The number of piperazine rings is 1. The Labute approximate surface area is 85.5 Å². The molecule has 0 unspecified atom stereocenters. The molecule has 0 aromatic carbocycles. The summed E-state index contributed by atoms with van der Waals surface area (Å²) in [4.78, 5) is 4.96. The Morgan fingerprint density at radius 2 is 1.93 bits per heavy atom. The third-order valence-electron chi connectivity index (χ3n) is 3.22. The number of nitrogens with zero attached hydrogens (tertiary/aromatic N) is 3. The Morgan fingerprint density at radius 1 is 1.21 bits per heavy atom. The van der Waals surface area contributed by atoms with Crippen molar-refractivity contribution in [3.8, 4) is 6.07 Å². The molecule has 0 spiro atoms. The first-order valence-electron chi connectivity index (χ1n) is 5.44. The summed E-state index contributed by atoms with van der Waals surface area (Å²) in [6.07, 6.45) is 0.672. The predicted octanol–water partition coefficient (Wildman–Crippen LogP) is -0.511. The van der Waals surface area contributed by atoms with Crippen molar-refractivity contribution in [2.45, 2.75) is 12.5 Å². The van der Waals surface area contributed by atoms with Crippen molar-refractivity contribution in [3.05, 3.63) is 0 Å². The fourth-order valence-corrected chi connectivity index (χ4v) is 2.09. The van der Waals surface area contributed by atoms with Crippen LogP contribution in [0.15, 0.2) is 0 Å². The number of nitrogens with one attached hydrogen (secondary N) is 1. The Kier molecular flexibility index (Phi) is 3.35. The molecule has 2 aliphatic rings. The normalized spacial score (nSPS) is 25.6. The summed E-state index contributed by atoms with van der Waals surface area (Å²) in [6, 6.07) is 2.99. The van der Waals surface area contributed by atoms with Gasteiger partial charge in [0.2, 0.25) is 0 Å². The minimum Gasteiger partial charge on any atom is -0.314 e. The number of rotatable bonds is 3. The fraction of sp³-hybridized carbons (Fsp3) is 0.900. The van der Waals surface area contributed by atoms with Gasteiger partial charge in [0, 0.05) is 58.3 Å². The van der Waals surface area contributed by atoms with Gasteiger partial charge in [0.15, 0.2) is 0 Å². The molecule has 2 saturated heterocycles. The summed E-state index contributed by atoms with van der Waals surface area (Å²) in [7, 11) is 0. The van der Waals surface area contributed by atoms with Crippen LogP contribution in [0.1, 0.15) is 6.42 Å². The van der Waals surface area contributed by atoms with Crippen molar-refractivity contribution in [1.82, 2.24) is 15.1 Å². The molecule has 1 N–H and O–H groups in total. The second-order valence-corrected chi connectivity index (χ2v) is 4.10. The van der Waals surface area contributed by atoms with Gasteiger partial charge in [-0.05, 0) is 0 Å². The lowest BCUT2D eigenvalue weighted by Gasteiger charge is -2.43. The highest BCUT2D eigenvalue weighted by atomic mass is 15.3. The number of nitriles is 1. The summed E-state index contributed by atoms with van der Waals surface area (Å²) in [6.45, 7) is 7.91. The molecule has 0 radical (unpaired) electrons. The monoisotopic (exact) mass is 194 g/mol. The second kappa shape index (κ2) is 4.74. The minimum absolute atomic E-state index is 0.672. The van der Waals surface area contributed by atoms with Crippen LogP contribution in [0.2, 0.25) is 0 Å². The third-order valence-corrected chi connectivity index (χ3v) is 3.22. The van der Waals surface area contributed by atoms with E-state index in [0.717, 1.165) is 38.8 Å². The van der Waals surface area contributed by atoms with Crippen LogP contribution in [-0.2, 0) is 0 Å². The van der Waals surface area contributed by atoms with Gasteiger partial charge in [0.1, 0.15) is 0 Å². The van der Waals surface area contributed by atoms with E-state index in [1.165, 1.54) is 13.1 Å². The number of hydrogen-bond acceptors (Lipinski definition) is 4. The van der Waals surface area contributed by atoms with Gasteiger partial charge in [0.25, 0.3) is 0 Å². The van der Waals surface area contributed by atoms with Crippen LogP contribution in [0, 0.1) is 11.3 Å². The average molecular weight is 194 g/mol. The Bertz CT molecular complexity index is 211. The maximum absolute atomic E-state index is 8.49. The highest BCUT2D eigenvalue weighted by Crippen LogP contribution is 2.09. The molecular weight excluding hydrogens is 176 g/mol. The lowest BCUT2D eigenvalue weighted by Crippen LogP contribution is -2.61. The molecule has 0 aromatic rings. The lowest BCUT2D eigenvalue weighted by atomic mass is 10.1. The molecule has 78 valence electrons. The molecule has 0 saturated carbocycles. The summed E-state index contributed by atoms with van der Waals surface area (Å²) in [5, 5.41) is 11.8. The molecule has 0 bridgehead atoms. The molecule has 2 fully saturated rings. The standard InChI is InChI=1S/C10H18N4/c11-2-1-3-13-4-6-14(7-5-13)10-8-12-9-10/h10,12H,1,3-9H2. The Hall–Kier alpha value is -0.630. The van der Waals surface area contributed by atoms with E-state index in [1.807, 2.05) is 0 Å². The number of hydrogen-bond donors (Lipinski definition) is 1. The van der Waals surface area contributed by atoms with Crippen molar-refractivity contribution in [1.29, 1.82) is 5.26 Å². The smallest absolute Gasteiger partial charge is 0.0635 e. The first kappa shape index (κ1) is 9.91. The van der Waals surface area contributed by atoms with Crippen molar-refractivity contribution in [2.75, 3.05) is 45.8 Å². The zero-order valence-corrected chi connectivity index (χ0v) is 8.58. The highest BCUT2D eigenvalue weighted by Gasteiger charge is 2.27. The van der Waals surface area contributed by atoms with E-state index in [-0.39, 0.29) is 0 Å². The molecular formula is C10H18N4. The fourth-order valence-electron chi connectivity index (χ4n) is 2.09. The molecule has 0 aliphatic carbocycles. The zero-order chi connectivity index (χ0) is 9.80. The average Bonchev–Trinajstić information content (AvgIpc) is 2.14. The van der Waals surface area contributed by atoms with Gasteiger partial charge in [-0.1, -0.05) is 0 Å². The quantitative estimate of drug-likeness (QED) is 0.657. The van der Waals surface area contributed by atoms with Crippen molar-refractivity contribution < 1.29 is 0 Å². The molecule has 14 heavy (non-hydrogen) atoms. The van der Waals surface area contributed by atoms with E-state index < -0.39 is 0 Å². The van der Waals surface area contributed by atoms with E-state index in [9.17, 15) is 0 Å². The van der Waals surface area contributed by atoms with Crippen LogP contribution >= 0.6 is 0 Å². The highest BCUT2D eigenvalue weighted by molar-refractivity contribution is 4.87. The molecule has 2 rings (SSSR count). The topological polar surface area (TPSA) is 42.3 Å². The Morgan fingerprint density at radius 3 is 2.43 bits per heavy atom. The maximum atomic E-state index is 8.49. The zero-order valence-electron chi connectivity index (χ0n) is 8.58. The molecule has 4 heteroatoms. The van der Waals surface area contributed by atoms with E-state index in [2.05, 4.69) is 21.2 Å². The summed E-state index contributed by atoms with van der Waals surface area (Å²) < 4.78 is 0. The van der Waals surface area contributed by atoms with Crippen LogP contribution in [0.5, 0.6) is 0 Å². The maximum Gasteiger partial charge on any atom is 0.0635 e. The van der Waals surface area contributed by atoms with Crippen LogP contribution in [0.25, 0.3) is 0 Å². The molecule has 0 amide bonds. The molecule has 2 heterocycles. The van der Waals surface area contributed by atoms with Crippen LogP contribution in [0.4, 0.5) is 0 Å². The first-order valence-corrected chi connectivity index (χ1v) is 5.44. The van der Waals surface area contributed by atoms with Gasteiger partial charge in [-0.25, -0.2) is 0 Å². The summed E-state index contributed by atoms with van der Waals surface area (Å²) in [5.41, 5.74) is 0. The van der Waals surface area contributed by atoms with Gasteiger partial charge < -0.3 is 5.32 Å². The largest absolute Gasteiger partial charge is 0.314 e. The SMILES string of the molecule is N#CCCN1CCN(C2CNC2)CC1. The van der Waals surface area contributed by atoms with Crippen LogP contribution < -0.4 is 5.32 Å². The molecule has 4 nitrogen and oxygen atoms in total. The molecule has 0 aromatic heterocycles. The van der Waals surface area contributed by atoms with E-state index >= 15 is 0 Å². The van der Waals surface area contributed by atoms with Crippen LogP contribution in [0.3, 0.4) is 0 Å². The third kappa shape index (κ3) is 2.24. The van der Waals surface area contributed by atoms with E-state index in [1.54, 1.807) is 0 Å². The van der Waals surface area contributed by atoms with Crippen LogP contribution in [-0.4, -0.2) is 61.7 Å². The summed E-state index contributed by atoms with van der Waals surface area (Å²) in [5.74, 6) is 0. The Balaban J connectivity index is 1.67. The van der Waals surface area contributed by atoms with Gasteiger partial charge >= 0.3 is 0 Å². The van der Waals surface area contributed by atoms with Gasteiger partial charge in [-0.3, -0.25) is 9.80 Å².